The van der Waals surface area contributed by atoms with Crippen LogP contribution < -0.4 is 5.32 Å². The van der Waals surface area contributed by atoms with Gasteiger partial charge in [0.2, 0.25) is 0 Å². The van der Waals surface area contributed by atoms with Gasteiger partial charge in [-0.15, -0.1) is 0 Å². The second-order valence-electron chi connectivity index (χ2n) is 6.79. The summed E-state index contributed by atoms with van der Waals surface area (Å²) in [6.07, 6.45) is 1.60. The van der Waals surface area contributed by atoms with E-state index in [2.05, 4.69) is 17.3 Å². The molecule has 1 aliphatic rings. The van der Waals surface area contributed by atoms with Gasteiger partial charge in [-0.3, -0.25) is 9.59 Å². The normalized spacial score (nSPS) is 18.8. The molecular weight excluding hydrogens is 318 g/mol. The van der Waals surface area contributed by atoms with E-state index in [4.69, 9.17) is 5.11 Å². The SMILES string of the molecule is Cc1nn(-c2ccc(C(=O)N[C@H]3C[C@@H]3C)cc2)c(C)c1CCC(=O)O. The van der Waals surface area contributed by atoms with Crippen LogP contribution in [0.1, 0.15) is 47.1 Å². The van der Waals surface area contributed by atoms with Crippen molar-refractivity contribution in [3.63, 3.8) is 0 Å². The van der Waals surface area contributed by atoms with Gasteiger partial charge in [0.15, 0.2) is 0 Å². The molecule has 1 aliphatic carbocycles. The Bertz CT molecular complexity index is 808. The Morgan fingerprint density at radius 1 is 1.28 bits per heavy atom. The first kappa shape index (κ1) is 17.2. The van der Waals surface area contributed by atoms with Crippen LogP contribution in [0.25, 0.3) is 5.69 Å². The number of nitrogens with one attached hydrogen (secondary N) is 1. The number of aryl methyl sites for hydroxylation is 1. The second kappa shape index (κ2) is 6.70. The van der Waals surface area contributed by atoms with Crippen LogP contribution in [0.2, 0.25) is 0 Å². The van der Waals surface area contributed by atoms with Crippen LogP contribution in [-0.2, 0) is 11.2 Å². The third-order valence-corrected chi connectivity index (χ3v) is 4.83. The summed E-state index contributed by atoms with van der Waals surface area (Å²) in [4.78, 5) is 23.0. The largest absolute Gasteiger partial charge is 0.481 e. The average Bonchev–Trinajstić information content (AvgIpc) is 3.18. The van der Waals surface area contributed by atoms with Gasteiger partial charge in [-0.1, -0.05) is 6.92 Å². The number of carbonyl (C=O) groups is 2. The van der Waals surface area contributed by atoms with E-state index in [0.717, 1.165) is 29.1 Å². The number of amides is 1. The molecule has 1 fully saturated rings. The molecule has 1 aromatic carbocycles. The second-order valence-corrected chi connectivity index (χ2v) is 6.79. The van der Waals surface area contributed by atoms with Gasteiger partial charge >= 0.3 is 5.97 Å². The van der Waals surface area contributed by atoms with Crippen molar-refractivity contribution in [1.82, 2.24) is 15.1 Å². The lowest BCUT2D eigenvalue weighted by Crippen LogP contribution is -2.26. The van der Waals surface area contributed by atoms with Crippen molar-refractivity contribution in [3.8, 4) is 5.69 Å². The van der Waals surface area contributed by atoms with Crippen molar-refractivity contribution in [2.45, 2.75) is 46.1 Å². The van der Waals surface area contributed by atoms with E-state index in [9.17, 15) is 9.59 Å². The molecule has 0 aliphatic heterocycles. The Hall–Kier alpha value is -2.63. The number of hydrogen-bond acceptors (Lipinski definition) is 3. The van der Waals surface area contributed by atoms with Gasteiger partial charge in [0.05, 0.1) is 11.4 Å². The van der Waals surface area contributed by atoms with Gasteiger partial charge in [0.25, 0.3) is 5.91 Å². The molecule has 1 heterocycles. The van der Waals surface area contributed by atoms with Crippen LogP contribution in [0.3, 0.4) is 0 Å². The number of aromatic nitrogens is 2. The zero-order valence-corrected chi connectivity index (χ0v) is 14.7. The molecule has 0 bridgehead atoms. The quantitative estimate of drug-likeness (QED) is 0.846. The van der Waals surface area contributed by atoms with Crippen molar-refractivity contribution in [2.24, 2.45) is 5.92 Å². The lowest BCUT2D eigenvalue weighted by atomic mass is 10.1. The Labute approximate surface area is 146 Å². The third kappa shape index (κ3) is 3.73. The van der Waals surface area contributed by atoms with Gasteiger partial charge in [-0.05, 0) is 62.4 Å². The lowest BCUT2D eigenvalue weighted by molar-refractivity contribution is -0.136. The number of carboxylic acid groups (broad SMARTS) is 1. The number of carbonyl (C=O) groups excluding carboxylic acids is 1. The van der Waals surface area contributed by atoms with E-state index < -0.39 is 5.97 Å². The molecular formula is C19H23N3O3. The maximum Gasteiger partial charge on any atom is 0.303 e. The molecule has 2 aromatic rings. The predicted octanol–water partition coefficient (Wildman–Crippen LogP) is 2.64. The summed E-state index contributed by atoms with van der Waals surface area (Å²) in [7, 11) is 0. The number of nitrogens with zero attached hydrogens (tertiary/aromatic N) is 2. The maximum absolute atomic E-state index is 12.2. The van der Waals surface area contributed by atoms with Crippen LogP contribution in [-0.4, -0.2) is 32.8 Å². The fourth-order valence-electron chi connectivity index (χ4n) is 3.05. The Morgan fingerprint density at radius 3 is 2.48 bits per heavy atom. The minimum absolute atomic E-state index is 0.0450. The first-order valence-corrected chi connectivity index (χ1v) is 8.55. The number of aliphatic carboxylic acids is 1. The highest BCUT2D eigenvalue weighted by Gasteiger charge is 2.33. The molecule has 25 heavy (non-hydrogen) atoms. The molecule has 2 atom stereocenters. The van der Waals surface area contributed by atoms with Crippen LogP contribution in [0.15, 0.2) is 24.3 Å². The molecule has 132 valence electrons. The summed E-state index contributed by atoms with van der Waals surface area (Å²) in [6, 6.07) is 7.63. The number of benzene rings is 1. The summed E-state index contributed by atoms with van der Waals surface area (Å²) in [6.45, 7) is 5.95. The molecule has 0 unspecified atom stereocenters. The van der Waals surface area contributed by atoms with Gasteiger partial charge in [-0.2, -0.15) is 5.10 Å². The number of hydrogen-bond donors (Lipinski definition) is 2. The first-order chi connectivity index (χ1) is 11.9. The first-order valence-electron chi connectivity index (χ1n) is 8.55. The van der Waals surface area contributed by atoms with Crippen molar-refractivity contribution >= 4 is 11.9 Å². The molecule has 2 N–H and O–H groups in total. The molecule has 0 radical (unpaired) electrons. The Kier molecular flexibility index (Phi) is 4.61. The van der Waals surface area contributed by atoms with Crippen LogP contribution in [0.4, 0.5) is 0 Å². The summed E-state index contributed by atoms with van der Waals surface area (Å²) in [5, 5.41) is 16.4. The van der Waals surface area contributed by atoms with Crippen molar-refractivity contribution in [3.05, 3.63) is 46.8 Å². The molecule has 1 saturated carbocycles. The predicted molar refractivity (Wildman–Crippen MR) is 94.0 cm³/mol. The molecule has 0 spiro atoms. The molecule has 1 aromatic heterocycles. The van der Waals surface area contributed by atoms with E-state index in [0.29, 0.717) is 23.9 Å². The summed E-state index contributed by atoms with van der Waals surface area (Å²) >= 11 is 0. The average molecular weight is 341 g/mol. The Morgan fingerprint density at radius 2 is 1.92 bits per heavy atom. The van der Waals surface area contributed by atoms with E-state index in [1.54, 1.807) is 16.8 Å². The minimum Gasteiger partial charge on any atom is -0.481 e. The molecule has 6 nitrogen and oxygen atoms in total. The topological polar surface area (TPSA) is 84.2 Å². The van der Waals surface area contributed by atoms with Gasteiger partial charge in [0, 0.05) is 23.7 Å². The highest BCUT2D eigenvalue weighted by Crippen LogP contribution is 2.29. The highest BCUT2D eigenvalue weighted by molar-refractivity contribution is 5.94. The van der Waals surface area contributed by atoms with E-state index >= 15 is 0 Å². The smallest absolute Gasteiger partial charge is 0.303 e. The van der Waals surface area contributed by atoms with Crippen molar-refractivity contribution in [2.75, 3.05) is 0 Å². The van der Waals surface area contributed by atoms with Gasteiger partial charge < -0.3 is 10.4 Å². The van der Waals surface area contributed by atoms with E-state index in [-0.39, 0.29) is 12.3 Å². The fourth-order valence-corrected chi connectivity index (χ4v) is 3.05. The summed E-state index contributed by atoms with van der Waals surface area (Å²) in [5.41, 5.74) is 4.23. The van der Waals surface area contributed by atoms with Crippen molar-refractivity contribution < 1.29 is 14.7 Å². The van der Waals surface area contributed by atoms with Crippen LogP contribution >= 0.6 is 0 Å². The van der Waals surface area contributed by atoms with Crippen molar-refractivity contribution in [1.29, 1.82) is 0 Å². The number of rotatable bonds is 6. The minimum atomic E-state index is -0.813. The number of carboxylic acids is 1. The highest BCUT2D eigenvalue weighted by atomic mass is 16.4. The Balaban J connectivity index is 1.77. The fraction of sp³-hybridized carbons (Fsp3) is 0.421. The zero-order chi connectivity index (χ0) is 18.1. The zero-order valence-electron chi connectivity index (χ0n) is 14.7. The molecule has 0 saturated heterocycles. The lowest BCUT2D eigenvalue weighted by Gasteiger charge is -2.08. The van der Waals surface area contributed by atoms with E-state index in [1.165, 1.54) is 0 Å². The molecule has 3 rings (SSSR count). The molecule has 1 amide bonds. The van der Waals surface area contributed by atoms with Crippen LogP contribution in [0.5, 0.6) is 0 Å². The monoisotopic (exact) mass is 341 g/mol. The van der Waals surface area contributed by atoms with Gasteiger partial charge in [-0.25, -0.2) is 4.68 Å². The van der Waals surface area contributed by atoms with Gasteiger partial charge in [0.1, 0.15) is 0 Å². The molecule has 6 heteroatoms. The van der Waals surface area contributed by atoms with Crippen LogP contribution in [0, 0.1) is 19.8 Å². The maximum atomic E-state index is 12.2. The summed E-state index contributed by atoms with van der Waals surface area (Å²) < 4.78 is 1.80. The summed E-state index contributed by atoms with van der Waals surface area (Å²) in [5.74, 6) is -0.287. The standard InChI is InChI=1S/C19H23N3O3/c1-11-10-17(11)20-19(25)14-4-6-15(7-5-14)22-13(3)16(12(2)21-22)8-9-18(23)24/h4-7,11,17H,8-10H2,1-3H3,(H,20,25)(H,23,24)/t11-,17-/m0/s1. The van der Waals surface area contributed by atoms with E-state index in [1.807, 2.05) is 26.0 Å². The third-order valence-electron chi connectivity index (χ3n) is 4.83.